The molecule has 0 saturated carbocycles. The molecule has 9 nitrogen and oxygen atoms in total. The van der Waals surface area contributed by atoms with Crippen LogP contribution in [0.25, 0.3) is 28.0 Å². The summed E-state index contributed by atoms with van der Waals surface area (Å²) in [6.45, 7) is 3.52. The number of carbonyl (C=O) groups excluding carboxylic acids is 1. The number of hydrogen-bond acceptors (Lipinski definition) is 7. The lowest BCUT2D eigenvalue weighted by atomic mass is 10.0. The highest BCUT2D eigenvalue weighted by molar-refractivity contribution is 6.29. The summed E-state index contributed by atoms with van der Waals surface area (Å²) in [5, 5.41) is 10.3. The van der Waals surface area contributed by atoms with Gasteiger partial charge in [0.15, 0.2) is 5.65 Å². The molecule has 2 aromatic carbocycles. The quantitative estimate of drug-likeness (QED) is 0.209. The number of aromatic nitrogens is 4. The molecule has 1 aliphatic rings. The molecular formula is C32H28ClF2N7O2. The molecule has 12 heteroatoms. The van der Waals surface area contributed by atoms with Crippen molar-refractivity contribution in [2.45, 2.75) is 32.2 Å². The van der Waals surface area contributed by atoms with E-state index in [1.807, 2.05) is 13.0 Å². The summed E-state index contributed by atoms with van der Waals surface area (Å²) in [4.78, 5) is 39.6. The third kappa shape index (κ3) is 6.15. The predicted molar refractivity (Wildman–Crippen MR) is 166 cm³/mol. The van der Waals surface area contributed by atoms with Gasteiger partial charge >= 0.3 is 0 Å². The monoisotopic (exact) mass is 615 g/mol. The van der Waals surface area contributed by atoms with Gasteiger partial charge in [0.2, 0.25) is 11.9 Å². The highest BCUT2D eigenvalue weighted by atomic mass is 35.5. The summed E-state index contributed by atoms with van der Waals surface area (Å²) in [5.41, 5.74) is 2.02. The number of anilines is 2. The summed E-state index contributed by atoms with van der Waals surface area (Å²) in [6.07, 6.45) is 3.28. The molecule has 0 aliphatic carbocycles. The molecule has 0 bridgehead atoms. The number of para-hydroxylation sites is 1. The molecule has 1 amide bonds. The van der Waals surface area contributed by atoms with Gasteiger partial charge in [0.05, 0.1) is 12.1 Å². The van der Waals surface area contributed by atoms with Crippen molar-refractivity contribution in [1.29, 1.82) is 0 Å². The number of benzene rings is 2. The molecule has 6 rings (SSSR count). The normalized spacial score (nSPS) is 13.6. The van der Waals surface area contributed by atoms with Gasteiger partial charge in [-0.15, -0.1) is 0 Å². The molecule has 4 heterocycles. The highest BCUT2D eigenvalue weighted by Crippen LogP contribution is 2.33. The van der Waals surface area contributed by atoms with Crippen molar-refractivity contribution >= 4 is 40.2 Å². The minimum atomic E-state index is -0.899. The highest BCUT2D eigenvalue weighted by Gasteiger charge is 2.22. The van der Waals surface area contributed by atoms with Crippen LogP contribution >= 0.6 is 11.6 Å². The Bertz CT molecular complexity index is 1910. The Morgan fingerprint density at radius 1 is 1.05 bits per heavy atom. The molecule has 0 spiro atoms. The maximum Gasteiger partial charge on any atom is 0.256 e. The molecule has 5 aromatic rings. The summed E-state index contributed by atoms with van der Waals surface area (Å²) in [6, 6.07) is 15.0. The summed E-state index contributed by atoms with van der Waals surface area (Å²) in [5.74, 6) is -1.83. The Kier molecular flexibility index (Phi) is 8.32. The lowest BCUT2D eigenvalue weighted by Crippen LogP contribution is -2.35. The summed E-state index contributed by atoms with van der Waals surface area (Å²) < 4.78 is 31.0. The summed E-state index contributed by atoms with van der Waals surface area (Å²) >= 11 is 5.86. The standard InChI is InChI=1S/C32H28ClF2N7O2/c1-18-5-7-21(38-27(43)15-19-6-9-26(33)37-17-19)16-23(18)29-22-8-10-28(44)42(30-24(34)3-2-4-25(30)35)31(22)41-32(40-29)39-20-11-13-36-14-12-20/h2-10,16-17,20,36H,11-15H2,1H3,(H,38,43)(H,39,40,41). The number of carbonyl (C=O) groups is 1. The first kappa shape index (κ1) is 29.3. The smallest absolute Gasteiger partial charge is 0.256 e. The van der Waals surface area contributed by atoms with Gasteiger partial charge in [-0.1, -0.05) is 29.8 Å². The van der Waals surface area contributed by atoms with E-state index in [0.29, 0.717) is 33.0 Å². The minimum absolute atomic E-state index is 0.0482. The van der Waals surface area contributed by atoms with E-state index in [4.69, 9.17) is 16.6 Å². The minimum Gasteiger partial charge on any atom is -0.351 e. The van der Waals surface area contributed by atoms with Crippen LogP contribution in [0.15, 0.2) is 71.7 Å². The molecule has 1 saturated heterocycles. The number of hydrogen-bond donors (Lipinski definition) is 3. The van der Waals surface area contributed by atoms with Crippen LogP contribution in [-0.2, 0) is 11.2 Å². The third-order valence-corrected chi connectivity index (χ3v) is 7.74. The lowest BCUT2D eigenvalue weighted by Gasteiger charge is -2.24. The number of halogens is 3. The number of aryl methyl sites for hydroxylation is 1. The van der Waals surface area contributed by atoms with Crippen LogP contribution in [0.4, 0.5) is 20.4 Å². The molecule has 224 valence electrons. The van der Waals surface area contributed by atoms with Gasteiger partial charge in [-0.3, -0.25) is 14.2 Å². The van der Waals surface area contributed by atoms with Gasteiger partial charge < -0.3 is 16.0 Å². The predicted octanol–water partition coefficient (Wildman–Crippen LogP) is 5.43. The number of rotatable bonds is 7. The van der Waals surface area contributed by atoms with E-state index in [9.17, 15) is 9.59 Å². The SMILES string of the molecule is Cc1ccc(NC(=O)Cc2ccc(Cl)nc2)cc1-c1nc(NC2CCNCC2)nc2c1ccc(=O)n2-c1c(F)cccc1F. The Balaban J connectivity index is 1.47. The number of nitrogens with zero attached hydrogens (tertiary/aromatic N) is 4. The van der Waals surface area contributed by atoms with Gasteiger partial charge in [-0.25, -0.2) is 18.7 Å². The average Bonchev–Trinajstić information content (AvgIpc) is 3.00. The lowest BCUT2D eigenvalue weighted by molar-refractivity contribution is -0.115. The van der Waals surface area contributed by atoms with Crippen LogP contribution in [0.2, 0.25) is 5.15 Å². The number of pyridine rings is 2. The largest absolute Gasteiger partial charge is 0.351 e. The first-order valence-corrected chi connectivity index (χ1v) is 14.5. The fourth-order valence-electron chi connectivity index (χ4n) is 5.31. The molecule has 0 radical (unpaired) electrons. The van der Waals surface area contributed by atoms with E-state index in [2.05, 4.69) is 25.9 Å². The van der Waals surface area contributed by atoms with Crippen molar-refractivity contribution in [1.82, 2.24) is 24.8 Å². The van der Waals surface area contributed by atoms with Crippen molar-refractivity contribution in [3.8, 4) is 16.9 Å². The Morgan fingerprint density at radius 3 is 2.55 bits per heavy atom. The van der Waals surface area contributed by atoms with Crippen LogP contribution in [0.1, 0.15) is 24.0 Å². The van der Waals surface area contributed by atoms with E-state index in [0.717, 1.165) is 48.2 Å². The summed E-state index contributed by atoms with van der Waals surface area (Å²) in [7, 11) is 0. The second-order valence-corrected chi connectivity index (χ2v) is 11.0. The van der Waals surface area contributed by atoms with Crippen molar-refractivity contribution in [2.75, 3.05) is 23.7 Å². The molecule has 1 fully saturated rings. The van der Waals surface area contributed by atoms with Crippen LogP contribution in [0.5, 0.6) is 0 Å². The van der Waals surface area contributed by atoms with Crippen molar-refractivity contribution in [3.05, 3.63) is 105 Å². The van der Waals surface area contributed by atoms with E-state index >= 15 is 8.78 Å². The second-order valence-electron chi connectivity index (χ2n) is 10.6. The van der Waals surface area contributed by atoms with Gasteiger partial charge in [0, 0.05) is 34.9 Å². The fraction of sp³-hybridized carbons (Fsp3) is 0.219. The Labute approximate surface area is 256 Å². The van der Waals surface area contributed by atoms with Crippen molar-refractivity contribution in [3.63, 3.8) is 0 Å². The van der Waals surface area contributed by atoms with Gasteiger partial charge in [-0.05, 0) is 80.4 Å². The second kappa shape index (κ2) is 12.5. The van der Waals surface area contributed by atoms with Crippen LogP contribution in [-0.4, -0.2) is 44.6 Å². The third-order valence-electron chi connectivity index (χ3n) is 7.51. The zero-order valence-corrected chi connectivity index (χ0v) is 24.5. The first-order valence-electron chi connectivity index (χ1n) is 14.1. The van der Waals surface area contributed by atoms with Crippen LogP contribution < -0.4 is 21.5 Å². The molecule has 44 heavy (non-hydrogen) atoms. The van der Waals surface area contributed by atoms with E-state index < -0.39 is 22.9 Å². The number of nitrogens with one attached hydrogen (secondary N) is 3. The Hall–Kier alpha value is -4.74. The number of fused-ring (bicyclic) bond motifs is 1. The van der Waals surface area contributed by atoms with E-state index in [1.54, 1.807) is 36.5 Å². The maximum absolute atomic E-state index is 15.0. The fourth-order valence-corrected chi connectivity index (χ4v) is 5.42. The van der Waals surface area contributed by atoms with Crippen LogP contribution in [0.3, 0.4) is 0 Å². The van der Waals surface area contributed by atoms with E-state index in [-0.39, 0.29) is 30.0 Å². The van der Waals surface area contributed by atoms with Gasteiger partial charge in [-0.2, -0.15) is 4.98 Å². The molecular weight excluding hydrogens is 588 g/mol. The number of amides is 1. The average molecular weight is 616 g/mol. The maximum atomic E-state index is 15.0. The molecule has 3 aromatic heterocycles. The Morgan fingerprint density at radius 2 is 1.82 bits per heavy atom. The van der Waals surface area contributed by atoms with Gasteiger partial charge in [0.25, 0.3) is 5.56 Å². The molecule has 0 atom stereocenters. The first-order chi connectivity index (χ1) is 21.3. The molecule has 3 N–H and O–H groups in total. The number of piperidine rings is 1. The zero-order valence-electron chi connectivity index (χ0n) is 23.7. The zero-order chi connectivity index (χ0) is 30.8. The van der Waals surface area contributed by atoms with E-state index in [1.165, 1.54) is 12.1 Å². The van der Waals surface area contributed by atoms with Crippen molar-refractivity contribution < 1.29 is 13.6 Å². The molecule has 0 unspecified atom stereocenters. The van der Waals surface area contributed by atoms with Gasteiger partial charge in [0.1, 0.15) is 22.5 Å². The van der Waals surface area contributed by atoms with Crippen LogP contribution in [0, 0.1) is 18.6 Å². The molecule has 1 aliphatic heterocycles. The topological polar surface area (TPSA) is 114 Å². The van der Waals surface area contributed by atoms with Crippen molar-refractivity contribution in [2.24, 2.45) is 0 Å².